The van der Waals surface area contributed by atoms with Crippen LogP contribution in [0.1, 0.15) is 38.2 Å². The molecule has 1 heterocycles. The number of nitrogens with zero attached hydrogens (tertiary/aromatic N) is 2. The molecule has 1 aromatic carbocycles. The number of methoxy groups -OCH3 is 2. The van der Waals surface area contributed by atoms with Gasteiger partial charge in [0, 0.05) is 31.3 Å². The number of ether oxygens (including phenoxy) is 3. The van der Waals surface area contributed by atoms with Gasteiger partial charge in [-0.3, -0.25) is 4.79 Å². The van der Waals surface area contributed by atoms with Crippen LogP contribution in [0.2, 0.25) is 5.02 Å². The standard InChI is InChI=1S/C25H30ClN3O4/c1-6-8-33-23-17(26)10-15(11-20(23)32-5)21-16(14-27)24(28)29(7-9-31-4)18-12-25(2,3)13-19(30)22(18)21/h6,10-11,21H,1,7-9,12-13,28H2,2-5H3/t21-/m0/s1. The van der Waals surface area contributed by atoms with Gasteiger partial charge in [-0.25, -0.2) is 0 Å². The van der Waals surface area contributed by atoms with Crippen molar-refractivity contribution < 1.29 is 19.0 Å². The number of nitriles is 1. The number of halogens is 1. The second-order valence-electron chi connectivity index (χ2n) is 8.92. The molecule has 8 heteroatoms. The first-order chi connectivity index (χ1) is 15.7. The lowest BCUT2D eigenvalue weighted by atomic mass is 9.68. The average molecular weight is 472 g/mol. The molecule has 0 saturated carbocycles. The van der Waals surface area contributed by atoms with Crippen molar-refractivity contribution in [2.24, 2.45) is 11.1 Å². The van der Waals surface area contributed by atoms with E-state index < -0.39 is 5.92 Å². The molecule has 0 spiro atoms. The number of rotatable bonds is 8. The number of ketones is 1. The molecule has 1 aromatic rings. The average Bonchev–Trinajstić information content (AvgIpc) is 2.75. The van der Waals surface area contributed by atoms with Crippen LogP contribution < -0.4 is 15.2 Å². The first-order valence-electron chi connectivity index (χ1n) is 10.7. The zero-order chi connectivity index (χ0) is 24.3. The maximum absolute atomic E-state index is 13.5. The van der Waals surface area contributed by atoms with Crippen LogP contribution in [0.4, 0.5) is 0 Å². The molecule has 33 heavy (non-hydrogen) atoms. The third kappa shape index (κ3) is 4.73. The fourth-order valence-electron chi connectivity index (χ4n) is 4.54. The van der Waals surface area contributed by atoms with Gasteiger partial charge in [0.05, 0.1) is 36.3 Å². The summed E-state index contributed by atoms with van der Waals surface area (Å²) >= 11 is 6.55. The Labute approximate surface area is 200 Å². The Balaban J connectivity index is 2.23. The summed E-state index contributed by atoms with van der Waals surface area (Å²) in [4.78, 5) is 15.3. The summed E-state index contributed by atoms with van der Waals surface area (Å²) < 4.78 is 16.4. The highest BCUT2D eigenvalue weighted by Crippen LogP contribution is 2.50. The fraction of sp³-hybridized carbons (Fsp3) is 0.440. The minimum atomic E-state index is -0.646. The van der Waals surface area contributed by atoms with Gasteiger partial charge in [-0.1, -0.05) is 38.1 Å². The lowest BCUT2D eigenvalue weighted by Gasteiger charge is -2.43. The summed E-state index contributed by atoms with van der Waals surface area (Å²) in [5, 5.41) is 10.4. The largest absolute Gasteiger partial charge is 0.493 e. The molecule has 1 atom stereocenters. The number of nitrogens with two attached hydrogens (primary N) is 1. The molecule has 0 amide bonds. The van der Waals surface area contributed by atoms with Crippen LogP contribution >= 0.6 is 11.6 Å². The molecule has 0 bridgehead atoms. The molecule has 0 aromatic heterocycles. The van der Waals surface area contributed by atoms with Crippen molar-refractivity contribution in [3.63, 3.8) is 0 Å². The smallest absolute Gasteiger partial charge is 0.180 e. The Morgan fingerprint density at radius 1 is 1.36 bits per heavy atom. The van der Waals surface area contributed by atoms with E-state index >= 15 is 0 Å². The Hall–Kier alpha value is -2.95. The van der Waals surface area contributed by atoms with E-state index in [1.165, 1.54) is 7.11 Å². The zero-order valence-electron chi connectivity index (χ0n) is 19.5. The van der Waals surface area contributed by atoms with Crippen LogP contribution in [-0.4, -0.2) is 44.7 Å². The third-order valence-corrected chi connectivity index (χ3v) is 6.22. The zero-order valence-corrected chi connectivity index (χ0v) is 20.3. The fourth-order valence-corrected chi connectivity index (χ4v) is 4.81. The van der Waals surface area contributed by atoms with Gasteiger partial charge < -0.3 is 24.8 Å². The highest BCUT2D eigenvalue weighted by Gasteiger charge is 2.44. The number of benzene rings is 1. The first kappa shape index (κ1) is 24.7. The SMILES string of the molecule is C=CCOc1c(Cl)cc([C@H]2C(C#N)=C(N)N(CCOC)C3=C2C(=O)CC(C)(C)C3)cc1OC. The number of hydrogen-bond acceptors (Lipinski definition) is 7. The minimum Gasteiger partial charge on any atom is -0.493 e. The predicted molar refractivity (Wildman–Crippen MR) is 127 cm³/mol. The molecule has 2 aliphatic rings. The van der Waals surface area contributed by atoms with E-state index in [1.54, 1.807) is 25.3 Å². The van der Waals surface area contributed by atoms with Crippen molar-refractivity contribution in [3.8, 4) is 17.6 Å². The summed E-state index contributed by atoms with van der Waals surface area (Å²) in [5.74, 6) is 0.456. The molecule has 0 unspecified atom stereocenters. The number of carbonyl (C=O) groups is 1. The van der Waals surface area contributed by atoms with E-state index in [9.17, 15) is 10.1 Å². The van der Waals surface area contributed by atoms with Gasteiger partial charge in [0.25, 0.3) is 0 Å². The highest BCUT2D eigenvalue weighted by atomic mass is 35.5. The molecule has 7 nitrogen and oxygen atoms in total. The number of hydrogen-bond donors (Lipinski definition) is 1. The van der Waals surface area contributed by atoms with Gasteiger partial charge >= 0.3 is 0 Å². The molecule has 2 N–H and O–H groups in total. The maximum Gasteiger partial charge on any atom is 0.180 e. The van der Waals surface area contributed by atoms with Gasteiger partial charge in [-0.05, 0) is 29.5 Å². The lowest BCUT2D eigenvalue weighted by Crippen LogP contribution is -2.43. The van der Waals surface area contributed by atoms with Gasteiger partial charge in [0.1, 0.15) is 12.4 Å². The van der Waals surface area contributed by atoms with Gasteiger partial charge in [0.2, 0.25) is 0 Å². The second-order valence-corrected chi connectivity index (χ2v) is 9.33. The van der Waals surface area contributed by atoms with Crippen molar-refractivity contribution in [1.29, 1.82) is 5.26 Å². The third-order valence-electron chi connectivity index (χ3n) is 5.94. The quantitative estimate of drug-likeness (QED) is 0.564. The normalized spacial score (nSPS) is 19.8. The Morgan fingerprint density at radius 2 is 2.09 bits per heavy atom. The number of carbonyl (C=O) groups excluding carboxylic acids is 1. The van der Waals surface area contributed by atoms with Crippen molar-refractivity contribution >= 4 is 17.4 Å². The summed E-state index contributed by atoms with van der Waals surface area (Å²) in [5.41, 5.74) is 8.66. The van der Waals surface area contributed by atoms with Crippen molar-refractivity contribution in [2.75, 3.05) is 34.0 Å². The van der Waals surface area contributed by atoms with Gasteiger partial charge in [-0.15, -0.1) is 0 Å². The molecule has 1 aliphatic heterocycles. The van der Waals surface area contributed by atoms with Crippen LogP contribution in [0.25, 0.3) is 0 Å². The van der Waals surface area contributed by atoms with Gasteiger partial charge in [-0.2, -0.15) is 5.26 Å². The molecule has 0 saturated heterocycles. The minimum absolute atomic E-state index is 0.00371. The molecule has 1 aliphatic carbocycles. The maximum atomic E-state index is 13.5. The van der Waals surface area contributed by atoms with Crippen LogP contribution in [0.5, 0.6) is 11.5 Å². The Morgan fingerprint density at radius 3 is 2.70 bits per heavy atom. The lowest BCUT2D eigenvalue weighted by molar-refractivity contribution is -0.118. The topological polar surface area (TPSA) is 97.8 Å². The molecule has 176 valence electrons. The van der Waals surface area contributed by atoms with Gasteiger partial charge in [0.15, 0.2) is 17.3 Å². The van der Waals surface area contributed by atoms with E-state index in [0.29, 0.717) is 65.0 Å². The van der Waals surface area contributed by atoms with E-state index in [4.69, 9.17) is 31.5 Å². The monoisotopic (exact) mass is 471 g/mol. The molecule has 3 rings (SSSR count). The summed E-state index contributed by atoms with van der Waals surface area (Å²) in [6, 6.07) is 5.71. The summed E-state index contributed by atoms with van der Waals surface area (Å²) in [6.45, 7) is 8.88. The van der Waals surface area contributed by atoms with Crippen molar-refractivity contribution in [3.05, 3.63) is 58.0 Å². The summed E-state index contributed by atoms with van der Waals surface area (Å²) in [7, 11) is 3.12. The van der Waals surface area contributed by atoms with Crippen LogP contribution in [0.15, 0.2) is 47.5 Å². The molecule has 0 radical (unpaired) electrons. The number of Topliss-reactive ketones (excluding diaryl/α,β-unsaturated/α-hetero) is 1. The number of allylic oxidation sites excluding steroid dienone is 3. The Kier molecular flexibility index (Phi) is 7.41. The molecular formula is C25H30ClN3O4. The van der Waals surface area contributed by atoms with Crippen molar-refractivity contribution in [1.82, 2.24) is 4.90 Å². The van der Waals surface area contributed by atoms with Crippen molar-refractivity contribution in [2.45, 2.75) is 32.6 Å². The van der Waals surface area contributed by atoms with Crippen LogP contribution in [0, 0.1) is 16.7 Å². The first-order valence-corrected chi connectivity index (χ1v) is 11.1. The predicted octanol–water partition coefficient (Wildman–Crippen LogP) is 4.30. The van der Waals surface area contributed by atoms with Crippen LogP contribution in [-0.2, 0) is 9.53 Å². The van der Waals surface area contributed by atoms with Crippen LogP contribution in [0.3, 0.4) is 0 Å². The molecule has 0 fully saturated rings. The summed E-state index contributed by atoms with van der Waals surface area (Å²) in [6.07, 6.45) is 2.64. The van der Waals surface area contributed by atoms with E-state index in [0.717, 1.165) is 5.70 Å². The van der Waals surface area contributed by atoms with E-state index in [1.807, 2.05) is 4.90 Å². The Bertz CT molecular complexity index is 1070. The highest BCUT2D eigenvalue weighted by molar-refractivity contribution is 6.32. The molecular weight excluding hydrogens is 442 g/mol. The van der Waals surface area contributed by atoms with E-state index in [-0.39, 0.29) is 17.8 Å². The van der Waals surface area contributed by atoms with E-state index in [2.05, 4.69) is 26.5 Å². The second kappa shape index (κ2) is 9.90.